The van der Waals surface area contributed by atoms with Gasteiger partial charge in [-0.2, -0.15) is 0 Å². The molecular weight excluding hydrogens is 394 g/mol. The lowest BCUT2D eigenvalue weighted by Crippen LogP contribution is -2.06. The fourth-order valence-electron chi connectivity index (χ4n) is 2.72. The van der Waals surface area contributed by atoms with Crippen LogP contribution in [0.25, 0.3) is 22.6 Å². The summed E-state index contributed by atoms with van der Waals surface area (Å²) in [5.74, 6) is 0.414. The van der Waals surface area contributed by atoms with Crippen molar-refractivity contribution in [2.24, 2.45) is 0 Å². The van der Waals surface area contributed by atoms with E-state index in [1.807, 2.05) is 0 Å². The molecule has 0 bridgehead atoms. The molecule has 2 aromatic carbocycles. The highest BCUT2D eigenvalue weighted by Gasteiger charge is 2.12. The van der Waals surface area contributed by atoms with Crippen molar-refractivity contribution in [3.8, 4) is 22.6 Å². The second-order valence-electron chi connectivity index (χ2n) is 6.41. The van der Waals surface area contributed by atoms with Gasteiger partial charge in [0, 0.05) is 17.5 Å². The molecule has 0 spiro atoms. The lowest BCUT2D eigenvalue weighted by atomic mass is 10.2. The lowest BCUT2D eigenvalue weighted by molar-refractivity contribution is -0.145. The van der Waals surface area contributed by atoms with Gasteiger partial charge in [0.15, 0.2) is 24.0 Å². The van der Waals surface area contributed by atoms with Crippen LogP contribution in [0.4, 0.5) is 8.78 Å². The normalized spacial score (nSPS) is 10.9. The molecule has 0 aliphatic carbocycles. The van der Waals surface area contributed by atoms with Crippen LogP contribution in [0.2, 0.25) is 0 Å². The summed E-state index contributed by atoms with van der Waals surface area (Å²) in [5.41, 5.74) is 1.36. The van der Waals surface area contributed by atoms with Crippen molar-refractivity contribution in [1.82, 2.24) is 9.97 Å². The van der Waals surface area contributed by atoms with Crippen LogP contribution in [0, 0.1) is 11.6 Å². The number of carbonyl (C=O) groups excluding carboxylic acids is 1. The maximum atomic E-state index is 13.0. The van der Waals surface area contributed by atoms with Crippen molar-refractivity contribution in [1.29, 1.82) is 0 Å². The largest absolute Gasteiger partial charge is 0.456 e. The van der Waals surface area contributed by atoms with Gasteiger partial charge in [0.05, 0.1) is 18.8 Å². The molecule has 0 radical (unpaired) electrons. The minimum Gasteiger partial charge on any atom is -0.456 e. The summed E-state index contributed by atoms with van der Waals surface area (Å²) < 4.78 is 42.2. The van der Waals surface area contributed by atoms with Crippen molar-refractivity contribution in [2.45, 2.75) is 19.4 Å². The van der Waals surface area contributed by atoms with E-state index in [9.17, 15) is 13.6 Å². The van der Waals surface area contributed by atoms with Crippen LogP contribution >= 0.6 is 0 Å². The summed E-state index contributed by atoms with van der Waals surface area (Å²) in [6.07, 6.45) is 3.33. The summed E-state index contributed by atoms with van der Waals surface area (Å²) in [4.78, 5) is 20.1. The van der Waals surface area contributed by atoms with Crippen molar-refractivity contribution < 1.29 is 27.1 Å². The van der Waals surface area contributed by atoms with Gasteiger partial charge in [-0.15, -0.1) is 0 Å². The highest BCUT2D eigenvalue weighted by atomic mass is 19.1. The molecule has 0 aliphatic heterocycles. The fourth-order valence-corrected chi connectivity index (χ4v) is 2.72. The Bertz CT molecular complexity index is 1040. The third-order valence-corrected chi connectivity index (χ3v) is 4.26. The van der Waals surface area contributed by atoms with E-state index in [1.54, 1.807) is 24.3 Å². The topological polar surface area (TPSA) is 78.4 Å². The molecule has 30 heavy (non-hydrogen) atoms. The Morgan fingerprint density at radius 1 is 0.800 bits per heavy atom. The number of aryl methyl sites for hydroxylation is 1. The van der Waals surface area contributed by atoms with Crippen molar-refractivity contribution in [2.75, 3.05) is 0 Å². The van der Waals surface area contributed by atoms with Crippen LogP contribution in [0.15, 0.2) is 69.8 Å². The molecule has 0 saturated heterocycles. The number of hydrogen-bond acceptors (Lipinski definition) is 6. The van der Waals surface area contributed by atoms with Crippen molar-refractivity contribution in [3.63, 3.8) is 0 Å². The first-order valence-electron chi connectivity index (χ1n) is 9.14. The van der Waals surface area contributed by atoms with Gasteiger partial charge in [-0.1, -0.05) is 0 Å². The highest BCUT2D eigenvalue weighted by Crippen LogP contribution is 2.22. The van der Waals surface area contributed by atoms with E-state index < -0.39 is 5.97 Å². The Kier molecular flexibility index (Phi) is 5.65. The molecule has 8 heteroatoms. The second kappa shape index (κ2) is 8.69. The molecule has 0 saturated carbocycles. The number of halogens is 2. The molecule has 2 aromatic heterocycles. The zero-order chi connectivity index (χ0) is 20.9. The van der Waals surface area contributed by atoms with E-state index in [0.29, 0.717) is 28.5 Å². The van der Waals surface area contributed by atoms with Crippen molar-refractivity contribution >= 4 is 5.97 Å². The van der Waals surface area contributed by atoms with Gasteiger partial charge in [0.25, 0.3) is 0 Å². The maximum Gasteiger partial charge on any atom is 0.306 e. The van der Waals surface area contributed by atoms with Gasteiger partial charge in [-0.05, 0) is 48.5 Å². The number of carbonyl (C=O) groups is 1. The first kappa shape index (κ1) is 19.5. The molecular formula is C22H16F2N2O4. The SMILES string of the molecule is O=C(CCc1ncc(-c2ccc(F)cc2)o1)OCc1ncc(-c2ccc(F)cc2)o1. The molecule has 0 N–H and O–H groups in total. The third-order valence-electron chi connectivity index (χ3n) is 4.26. The molecule has 6 nitrogen and oxygen atoms in total. The number of benzene rings is 2. The minimum absolute atomic E-state index is 0.0644. The average Bonchev–Trinajstić information content (AvgIpc) is 3.42. The van der Waals surface area contributed by atoms with Crippen LogP contribution in [0.5, 0.6) is 0 Å². The van der Waals surface area contributed by atoms with E-state index in [0.717, 1.165) is 0 Å². The standard InChI is InChI=1S/C22H16F2N2O4/c23-16-5-1-14(2-6-16)18-11-25-20(29-18)9-10-22(27)28-13-21-26-12-19(30-21)15-3-7-17(24)8-4-15/h1-8,11-12H,9-10,13H2. The molecule has 2 heterocycles. The van der Waals surface area contributed by atoms with E-state index in [-0.39, 0.29) is 37.0 Å². The number of oxazole rings is 2. The van der Waals surface area contributed by atoms with E-state index in [1.165, 1.54) is 36.7 Å². The van der Waals surface area contributed by atoms with E-state index in [2.05, 4.69) is 9.97 Å². The molecule has 0 atom stereocenters. The number of aromatic nitrogens is 2. The zero-order valence-electron chi connectivity index (χ0n) is 15.7. The number of esters is 1. The molecule has 152 valence electrons. The van der Waals surface area contributed by atoms with Gasteiger partial charge in [-0.3, -0.25) is 4.79 Å². The monoisotopic (exact) mass is 410 g/mol. The van der Waals surface area contributed by atoms with E-state index in [4.69, 9.17) is 13.6 Å². The molecule has 0 aliphatic rings. The molecule has 4 rings (SSSR count). The smallest absolute Gasteiger partial charge is 0.306 e. The zero-order valence-corrected chi connectivity index (χ0v) is 15.7. The lowest BCUT2D eigenvalue weighted by Gasteiger charge is -2.01. The predicted octanol–water partition coefficient (Wildman–Crippen LogP) is 4.95. The summed E-state index contributed by atoms with van der Waals surface area (Å²) in [6.45, 7) is -0.119. The molecule has 0 unspecified atom stereocenters. The summed E-state index contributed by atoms with van der Waals surface area (Å²) in [7, 11) is 0. The third kappa shape index (κ3) is 4.78. The Hall–Kier alpha value is -3.81. The van der Waals surface area contributed by atoms with Crippen molar-refractivity contribution in [3.05, 3.63) is 84.3 Å². The minimum atomic E-state index is -0.460. The van der Waals surface area contributed by atoms with Gasteiger partial charge < -0.3 is 13.6 Å². The Morgan fingerprint density at radius 3 is 1.87 bits per heavy atom. The van der Waals surface area contributed by atoms with Gasteiger partial charge in [-0.25, -0.2) is 18.7 Å². The van der Waals surface area contributed by atoms with Crippen LogP contribution in [-0.2, 0) is 22.6 Å². The summed E-state index contributed by atoms with van der Waals surface area (Å²) in [5, 5.41) is 0. The average molecular weight is 410 g/mol. The highest BCUT2D eigenvalue weighted by molar-refractivity contribution is 5.69. The Labute approximate surface area is 170 Å². The predicted molar refractivity (Wildman–Crippen MR) is 102 cm³/mol. The Morgan fingerprint density at radius 2 is 1.30 bits per heavy atom. The van der Waals surface area contributed by atoms with Gasteiger partial charge in [0.2, 0.25) is 5.89 Å². The van der Waals surface area contributed by atoms with Crippen LogP contribution in [0.1, 0.15) is 18.2 Å². The molecule has 0 fully saturated rings. The fraction of sp³-hybridized carbons (Fsp3) is 0.136. The molecule has 4 aromatic rings. The van der Waals surface area contributed by atoms with E-state index >= 15 is 0 Å². The number of rotatable bonds is 7. The first-order chi connectivity index (χ1) is 14.6. The summed E-state index contributed by atoms with van der Waals surface area (Å²) >= 11 is 0. The number of hydrogen-bond donors (Lipinski definition) is 0. The quantitative estimate of drug-likeness (QED) is 0.401. The van der Waals surface area contributed by atoms with Crippen LogP contribution < -0.4 is 0 Å². The number of ether oxygens (including phenoxy) is 1. The first-order valence-corrected chi connectivity index (χ1v) is 9.14. The molecule has 0 amide bonds. The van der Waals surface area contributed by atoms with Crippen LogP contribution in [-0.4, -0.2) is 15.9 Å². The second-order valence-corrected chi connectivity index (χ2v) is 6.41. The summed E-state index contributed by atoms with van der Waals surface area (Å²) in [6, 6.07) is 11.6. The van der Waals surface area contributed by atoms with Crippen LogP contribution in [0.3, 0.4) is 0 Å². The number of nitrogens with zero attached hydrogens (tertiary/aromatic N) is 2. The van der Waals surface area contributed by atoms with Gasteiger partial charge >= 0.3 is 5.97 Å². The Balaban J connectivity index is 1.27. The van der Waals surface area contributed by atoms with Gasteiger partial charge in [0.1, 0.15) is 11.6 Å². The maximum absolute atomic E-state index is 13.0.